The Morgan fingerprint density at radius 1 is 1.25 bits per heavy atom. The number of ether oxygens (including phenoxy) is 2. The van der Waals surface area contributed by atoms with Gasteiger partial charge in [0, 0.05) is 5.02 Å². The Morgan fingerprint density at radius 2 is 2.04 bits per heavy atom. The van der Waals surface area contributed by atoms with Crippen molar-refractivity contribution in [3.05, 3.63) is 56.5 Å². The summed E-state index contributed by atoms with van der Waals surface area (Å²) >= 11 is 15.1. The minimum Gasteiger partial charge on any atom is -0.495 e. The summed E-state index contributed by atoms with van der Waals surface area (Å²) < 4.78 is 11.2. The fourth-order valence-electron chi connectivity index (χ4n) is 1.70. The number of hydrogen-bond donors (Lipinski definition) is 1. The Balaban J connectivity index is 1.86. The van der Waals surface area contributed by atoms with Gasteiger partial charge >= 0.3 is 0 Å². The lowest BCUT2D eigenvalue weighted by molar-refractivity contribution is -0.123. The van der Waals surface area contributed by atoms with Gasteiger partial charge < -0.3 is 9.47 Å². The highest BCUT2D eigenvalue weighted by atomic mass is 79.9. The molecule has 2 rings (SSSR count). The molecule has 1 N–H and O–H groups in total. The molecule has 2 aromatic rings. The number of carbonyl (C=O) groups excluding carboxylic acids is 1. The maximum atomic E-state index is 11.7. The lowest BCUT2D eigenvalue weighted by Crippen LogP contribution is -2.24. The Morgan fingerprint density at radius 3 is 2.75 bits per heavy atom. The van der Waals surface area contributed by atoms with E-state index in [1.807, 2.05) is 0 Å². The standard InChI is InChI=1S/C16H13BrCl2N2O3/c1-23-15-6-10(2-4-13(15)19)8-20-21-16(22)9-24-14-5-3-11(18)7-12(14)17/h2-8H,9H2,1H3,(H,21,22)/b20-8+. The van der Waals surface area contributed by atoms with Gasteiger partial charge in [0.1, 0.15) is 11.5 Å². The highest BCUT2D eigenvalue weighted by Gasteiger charge is 2.05. The number of hydrazone groups is 1. The molecular formula is C16H13BrCl2N2O3. The Labute approximate surface area is 157 Å². The lowest BCUT2D eigenvalue weighted by atomic mass is 10.2. The molecular weight excluding hydrogens is 419 g/mol. The molecule has 0 aliphatic rings. The predicted molar refractivity (Wildman–Crippen MR) is 98.4 cm³/mol. The van der Waals surface area contributed by atoms with Crippen molar-refractivity contribution in [1.82, 2.24) is 5.43 Å². The Hall–Kier alpha value is -1.76. The van der Waals surface area contributed by atoms with E-state index in [2.05, 4.69) is 26.5 Å². The first-order valence-corrected chi connectivity index (χ1v) is 8.28. The summed E-state index contributed by atoms with van der Waals surface area (Å²) in [5, 5.41) is 4.93. The van der Waals surface area contributed by atoms with Gasteiger partial charge in [0.05, 0.1) is 22.8 Å². The topological polar surface area (TPSA) is 59.9 Å². The minimum absolute atomic E-state index is 0.179. The molecule has 0 bridgehead atoms. The maximum absolute atomic E-state index is 11.7. The zero-order chi connectivity index (χ0) is 17.5. The van der Waals surface area contributed by atoms with Crippen molar-refractivity contribution >= 4 is 51.3 Å². The third-order valence-electron chi connectivity index (χ3n) is 2.83. The first-order valence-electron chi connectivity index (χ1n) is 6.73. The largest absolute Gasteiger partial charge is 0.495 e. The third kappa shape index (κ3) is 5.40. The molecule has 5 nitrogen and oxygen atoms in total. The SMILES string of the molecule is COc1cc(/C=N/NC(=O)COc2ccc(Cl)cc2Br)ccc1Cl. The maximum Gasteiger partial charge on any atom is 0.277 e. The van der Waals surface area contributed by atoms with Gasteiger partial charge in [-0.1, -0.05) is 29.3 Å². The Bertz CT molecular complexity index is 769. The zero-order valence-electron chi connectivity index (χ0n) is 12.6. The van der Waals surface area contributed by atoms with Gasteiger partial charge in [0.25, 0.3) is 5.91 Å². The van der Waals surface area contributed by atoms with Gasteiger partial charge in [-0.15, -0.1) is 0 Å². The summed E-state index contributed by atoms with van der Waals surface area (Å²) in [5.41, 5.74) is 3.11. The van der Waals surface area contributed by atoms with Gasteiger partial charge in [0.2, 0.25) is 0 Å². The smallest absolute Gasteiger partial charge is 0.277 e. The average molecular weight is 432 g/mol. The fraction of sp³-hybridized carbons (Fsp3) is 0.125. The van der Waals surface area contributed by atoms with Crippen LogP contribution in [0.4, 0.5) is 0 Å². The first kappa shape index (κ1) is 18.6. The molecule has 0 atom stereocenters. The molecule has 8 heteroatoms. The molecule has 0 saturated carbocycles. The molecule has 2 aromatic carbocycles. The number of hydrogen-bond acceptors (Lipinski definition) is 4. The third-order valence-corrected chi connectivity index (χ3v) is 4.00. The number of benzene rings is 2. The van der Waals surface area contributed by atoms with Gasteiger partial charge in [-0.2, -0.15) is 5.10 Å². The zero-order valence-corrected chi connectivity index (χ0v) is 15.7. The van der Waals surface area contributed by atoms with Gasteiger partial charge in [-0.3, -0.25) is 4.79 Å². The van der Waals surface area contributed by atoms with Crippen LogP contribution in [0.2, 0.25) is 10.0 Å². The normalized spacial score (nSPS) is 10.7. The number of rotatable bonds is 6. The number of halogens is 3. The molecule has 0 radical (unpaired) electrons. The Kier molecular flexibility index (Phi) is 6.90. The minimum atomic E-state index is -0.394. The van der Waals surface area contributed by atoms with E-state index < -0.39 is 5.91 Å². The fourth-order valence-corrected chi connectivity index (χ4v) is 2.70. The summed E-state index contributed by atoms with van der Waals surface area (Å²) in [6, 6.07) is 10.2. The quantitative estimate of drug-likeness (QED) is 0.548. The van der Waals surface area contributed by atoms with E-state index in [1.54, 1.807) is 36.4 Å². The van der Waals surface area contributed by atoms with E-state index in [0.29, 0.717) is 26.0 Å². The van der Waals surface area contributed by atoms with E-state index >= 15 is 0 Å². The van der Waals surface area contributed by atoms with Crippen LogP contribution in [0.3, 0.4) is 0 Å². The second-order valence-corrected chi connectivity index (χ2v) is 6.25. The van der Waals surface area contributed by atoms with Crippen LogP contribution in [0.25, 0.3) is 0 Å². The number of carbonyl (C=O) groups is 1. The lowest BCUT2D eigenvalue weighted by Gasteiger charge is -2.07. The molecule has 0 heterocycles. The van der Waals surface area contributed by atoms with E-state index in [9.17, 15) is 4.79 Å². The average Bonchev–Trinajstić information content (AvgIpc) is 2.55. The van der Waals surface area contributed by atoms with E-state index in [1.165, 1.54) is 13.3 Å². The second kappa shape index (κ2) is 8.92. The number of amides is 1. The summed E-state index contributed by atoms with van der Waals surface area (Å²) in [6.07, 6.45) is 1.48. The van der Waals surface area contributed by atoms with Crippen LogP contribution in [-0.4, -0.2) is 25.8 Å². The van der Waals surface area contributed by atoms with Gasteiger partial charge in [-0.25, -0.2) is 5.43 Å². The van der Waals surface area contributed by atoms with Crippen molar-refractivity contribution in [1.29, 1.82) is 0 Å². The number of nitrogens with zero attached hydrogens (tertiary/aromatic N) is 1. The van der Waals surface area contributed by atoms with Crippen molar-refractivity contribution in [2.45, 2.75) is 0 Å². The van der Waals surface area contributed by atoms with Crippen LogP contribution in [-0.2, 0) is 4.79 Å². The van der Waals surface area contributed by atoms with Crippen LogP contribution < -0.4 is 14.9 Å². The molecule has 24 heavy (non-hydrogen) atoms. The predicted octanol–water partition coefficient (Wildman–Crippen LogP) is 4.29. The van der Waals surface area contributed by atoms with Crippen molar-refractivity contribution < 1.29 is 14.3 Å². The van der Waals surface area contributed by atoms with Gasteiger partial charge in [0.15, 0.2) is 6.61 Å². The molecule has 0 spiro atoms. The van der Waals surface area contributed by atoms with Crippen molar-refractivity contribution in [2.24, 2.45) is 5.10 Å². The van der Waals surface area contributed by atoms with E-state index in [0.717, 1.165) is 5.56 Å². The van der Waals surface area contributed by atoms with Crippen LogP contribution in [0.1, 0.15) is 5.56 Å². The molecule has 0 aliphatic heterocycles. The highest BCUT2D eigenvalue weighted by Crippen LogP contribution is 2.27. The molecule has 0 aromatic heterocycles. The van der Waals surface area contributed by atoms with Crippen molar-refractivity contribution in [2.75, 3.05) is 13.7 Å². The monoisotopic (exact) mass is 430 g/mol. The van der Waals surface area contributed by atoms with Crippen LogP contribution >= 0.6 is 39.1 Å². The molecule has 1 amide bonds. The summed E-state index contributed by atoms with van der Waals surface area (Å²) in [6.45, 7) is -0.179. The van der Waals surface area contributed by atoms with Crippen LogP contribution in [0.15, 0.2) is 46.0 Å². The summed E-state index contributed by atoms with van der Waals surface area (Å²) in [4.78, 5) is 11.7. The van der Waals surface area contributed by atoms with Crippen molar-refractivity contribution in [3.63, 3.8) is 0 Å². The van der Waals surface area contributed by atoms with Crippen LogP contribution in [0, 0.1) is 0 Å². The molecule has 0 saturated heterocycles. The second-order valence-electron chi connectivity index (χ2n) is 4.55. The molecule has 126 valence electrons. The molecule has 0 aliphatic carbocycles. The van der Waals surface area contributed by atoms with E-state index in [-0.39, 0.29) is 6.61 Å². The highest BCUT2D eigenvalue weighted by molar-refractivity contribution is 9.10. The summed E-state index contributed by atoms with van der Waals surface area (Å²) in [5.74, 6) is 0.651. The molecule has 0 unspecified atom stereocenters. The van der Waals surface area contributed by atoms with Crippen molar-refractivity contribution in [3.8, 4) is 11.5 Å². The van der Waals surface area contributed by atoms with Crippen LogP contribution in [0.5, 0.6) is 11.5 Å². The van der Waals surface area contributed by atoms with Gasteiger partial charge in [-0.05, 0) is 51.8 Å². The first-order chi connectivity index (χ1) is 11.5. The van der Waals surface area contributed by atoms with E-state index in [4.69, 9.17) is 32.7 Å². The summed E-state index contributed by atoms with van der Waals surface area (Å²) in [7, 11) is 1.52. The number of nitrogens with one attached hydrogen (secondary N) is 1. The molecule has 0 fully saturated rings. The number of methoxy groups -OCH3 is 1.